The van der Waals surface area contributed by atoms with Gasteiger partial charge < -0.3 is 5.32 Å². The summed E-state index contributed by atoms with van der Waals surface area (Å²) < 4.78 is 1.08. The van der Waals surface area contributed by atoms with Gasteiger partial charge in [-0.3, -0.25) is 4.98 Å². The number of pyridine rings is 1. The summed E-state index contributed by atoms with van der Waals surface area (Å²) in [6.07, 6.45) is 1.90. The number of anilines is 1. The lowest BCUT2D eigenvalue weighted by atomic mass is 10.2. The Bertz CT molecular complexity index is 466. The number of halogens is 1. The maximum absolute atomic E-state index is 4.26. The average molecular weight is 277 g/mol. The van der Waals surface area contributed by atoms with Gasteiger partial charge in [0.15, 0.2) is 0 Å². The topological polar surface area (TPSA) is 24.9 Å². The molecule has 1 heterocycles. The molecule has 0 spiro atoms. The van der Waals surface area contributed by atoms with Gasteiger partial charge >= 0.3 is 0 Å². The van der Waals surface area contributed by atoms with Gasteiger partial charge in [0.05, 0.1) is 0 Å². The molecule has 0 atom stereocenters. The minimum atomic E-state index is 0.795. The summed E-state index contributed by atoms with van der Waals surface area (Å²) in [6.45, 7) is 2.79. The SMILES string of the molecule is Cc1ccc(CNc2cccc(Br)c2)cn1. The lowest BCUT2D eigenvalue weighted by Crippen LogP contribution is -1.99. The Morgan fingerprint density at radius 1 is 1.25 bits per heavy atom. The van der Waals surface area contributed by atoms with Crippen molar-refractivity contribution >= 4 is 21.6 Å². The summed E-state index contributed by atoms with van der Waals surface area (Å²) in [4.78, 5) is 4.26. The van der Waals surface area contributed by atoms with Gasteiger partial charge in [-0.15, -0.1) is 0 Å². The van der Waals surface area contributed by atoms with E-state index >= 15 is 0 Å². The molecule has 0 fully saturated rings. The third kappa shape index (κ3) is 3.07. The van der Waals surface area contributed by atoms with Crippen LogP contribution in [0.2, 0.25) is 0 Å². The first-order chi connectivity index (χ1) is 7.74. The number of benzene rings is 1. The predicted molar refractivity (Wildman–Crippen MR) is 70.4 cm³/mol. The zero-order valence-corrected chi connectivity index (χ0v) is 10.7. The van der Waals surface area contributed by atoms with E-state index in [9.17, 15) is 0 Å². The van der Waals surface area contributed by atoms with Crippen LogP contribution in [0.3, 0.4) is 0 Å². The van der Waals surface area contributed by atoms with Crippen LogP contribution in [0.4, 0.5) is 5.69 Å². The molecule has 16 heavy (non-hydrogen) atoms. The Morgan fingerprint density at radius 2 is 2.12 bits per heavy atom. The van der Waals surface area contributed by atoms with E-state index in [4.69, 9.17) is 0 Å². The van der Waals surface area contributed by atoms with Crippen LogP contribution in [0.15, 0.2) is 47.1 Å². The van der Waals surface area contributed by atoms with Crippen molar-refractivity contribution < 1.29 is 0 Å². The summed E-state index contributed by atoms with van der Waals surface area (Å²) in [5.74, 6) is 0. The molecule has 82 valence electrons. The molecule has 0 radical (unpaired) electrons. The normalized spacial score (nSPS) is 10.1. The largest absolute Gasteiger partial charge is 0.381 e. The van der Waals surface area contributed by atoms with Crippen LogP contribution in [0.1, 0.15) is 11.3 Å². The molecule has 0 bridgehead atoms. The fourth-order valence-electron chi connectivity index (χ4n) is 1.41. The molecule has 0 aliphatic rings. The highest BCUT2D eigenvalue weighted by Crippen LogP contribution is 2.16. The van der Waals surface area contributed by atoms with Crippen molar-refractivity contribution in [2.45, 2.75) is 13.5 Å². The molecule has 0 saturated carbocycles. The van der Waals surface area contributed by atoms with E-state index in [2.05, 4.69) is 38.4 Å². The molecule has 1 aromatic carbocycles. The smallest absolute Gasteiger partial charge is 0.0416 e. The van der Waals surface area contributed by atoms with E-state index in [1.807, 2.05) is 37.4 Å². The van der Waals surface area contributed by atoms with Crippen molar-refractivity contribution in [3.05, 3.63) is 58.3 Å². The van der Waals surface area contributed by atoms with Gasteiger partial charge in [0.2, 0.25) is 0 Å². The molecule has 2 rings (SSSR count). The second-order valence-electron chi connectivity index (χ2n) is 3.67. The number of rotatable bonds is 3. The number of aromatic nitrogens is 1. The lowest BCUT2D eigenvalue weighted by Gasteiger charge is -2.06. The number of aryl methyl sites for hydroxylation is 1. The first-order valence-corrected chi connectivity index (χ1v) is 5.94. The third-order valence-electron chi connectivity index (χ3n) is 2.29. The number of hydrogen-bond donors (Lipinski definition) is 1. The second kappa shape index (κ2) is 5.12. The molecular formula is C13H13BrN2. The zero-order valence-electron chi connectivity index (χ0n) is 9.07. The fraction of sp³-hybridized carbons (Fsp3) is 0.154. The van der Waals surface area contributed by atoms with Crippen molar-refractivity contribution in [3.63, 3.8) is 0 Å². The third-order valence-corrected chi connectivity index (χ3v) is 2.79. The summed E-state index contributed by atoms with van der Waals surface area (Å²) >= 11 is 3.45. The van der Waals surface area contributed by atoms with Gasteiger partial charge in [0.25, 0.3) is 0 Å². The highest BCUT2D eigenvalue weighted by Gasteiger charge is 1.95. The van der Waals surface area contributed by atoms with Crippen LogP contribution < -0.4 is 5.32 Å². The zero-order chi connectivity index (χ0) is 11.4. The predicted octanol–water partition coefficient (Wildman–Crippen LogP) is 3.76. The van der Waals surface area contributed by atoms with Gasteiger partial charge in [0, 0.05) is 28.6 Å². The lowest BCUT2D eigenvalue weighted by molar-refractivity contribution is 1.08. The van der Waals surface area contributed by atoms with Crippen LogP contribution in [-0.4, -0.2) is 4.98 Å². The van der Waals surface area contributed by atoms with Crippen molar-refractivity contribution in [1.82, 2.24) is 4.98 Å². The Kier molecular flexibility index (Phi) is 3.57. The first-order valence-electron chi connectivity index (χ1n) is 5.15. The summed E-state index contributed by atoms with van der Waals surface area (Å²) in [6, 6.07) is 12.2. The maximum Gasteiger partial charge on any atom is 0.0416 e. The Labute approximate surface area is 104 Å². The number of hydrogen-bond acceptors (Lipinski definition) is 2. The molecule has 2 nitrogen and oxygen atoms in total. The Hall–Kier alpha value is -1.35. The summed E-state index contributed by atoms with van der Waals surface area (Å²) in [5, 5.41) is 3.35. The van der Waals surface area contributed by atoms with E-state index in [0.29, 0.717) is 0 Å². The molecular weight excluding hydrogens is 264 g/mol. The molecule has 0 aliphatic carbocycles. The van der Waals surface area contributed by atoms with Crippen LogP contribution in [-0.2, 0) is 6.54 Å². The van der Waals surface area contributed by atoms with Crippen molar-refractivity contribution in [2.75, 3.05) is 5.32 Å². The highest BCUT2D eigenvalue weighted by molar-refractivity contribution is 9.10. The summed E-state index contributed by atoms with van der Waals surface area (Å²) in [7, 11) is 0. The van der Waals surface area contributed by atoms with Crippen molar-refractivity contribution in [2.24, 2.45) is 0 Å². The molecule has 3 heteroatoms. The molecule has 0 amide bonds. The highest BCUT2D eigenvalue weighted by atomic mass is 79.9. The van der Waals surface area contributed by atoms with Crippen LogP contribution in [0, 0.1) is 6.92 Å². The van der Waals surface area contributed by atoms with Gasteiger partial charge in [0.1, 0.15) is 0 Å². The van der Waals surface area contributed by atoms with E-state index in [0.717, 1.165) is 22.4 Å². The standard InChI is InChI=1S/C13H13BrN2/c1-10-5-6-11(8-15-10)9-16-13-4-2-3-12(14)7-13/h2-8,16H,9H2,1H3. The number of nitrogens with one attached hydrogen (secondary N) is 1. The molecule has 2 aromatic rings. The van der Waals surface area contributed by atoms with Crippen LogP contribution >= 0.6 is 15.9 Å². The minimum absolute atomic E-state index is 0.795. The van der Waals surface area contributed by atoms with Crippen molar-refractivity contribution in [3.8, 4) is 0 Å². The fourth-order valence-corrected chi connectivity index (χ4v) is 1.80. The van der Waals surface area contributed by atoms with Crippen LogP contribution in [0.25, 0.3) is 0 Å². The molecule has 1 N–H and O–H groups in total. The Balaban J connectivity index is 1.99. The van der Waals surface area contributed by atoms with Gasteiger partial charge in [-0.25, -0.2) is 0 Å². The molecule has 0 aliphatic heterocycles. The van der Waals surface area contributed by atoms with E-state index < -0.39 is 0 Å². The van der Waals surface area contributed by atoms with Crippen molar-refractivity contribution in [1.29, 1.82) is 0 Å². The number of nitrogens with zero attached hydrogens (tertiary/aromatic N) is 1. The van der Waals surface area contributed by atoms with E-state index in [1.165, 1.54) is 5.56 Å². The van der Waals surface area contributed by atoms with E-state index in [-0.39, 0.29) is 0 Å². The average Bonchev–Trinajstić information content (AvgIpc) is 2.28. The van der Waals surface area contributed by atoms with Gasteiger partial charge in [-0.2, -0.15) is 0 Å². The minimum Gasteiger partial charge on any atom is -0.381 e. The summed E-state index contributed by atoms with van der Waals surface area (Å²) in [5.41, 5.74) is 3.34. The molecule has 1 aromatic heterocycles. The maximum atomic E-state index is 4.26. The van der Waals surface area contributed by atoms with Gasteiger partial charge in [-0.1, -0.05) is 28.1 Å². The first kappa shape index (κ1) is 11.1. The second-order valence-corrected chi connectivity index (χ2v) is 4.59. The van der Waals surface area contributed by atoms with E-state index in [1.54, 1.807) is 0 Å². The van der Waals surface area contributed by atoms with Crippen LogP contribution in [0.5, 0.6) is 0 Å². The molecule has 0 saturated heterocycles. The molecule has 0 unspecified atom stereocenters. The quantitative estimate of drug-likeness (QED) is 0.923. The Morgan fingerprint density at radius 3 is 2.81 bits per heavy atom. The monoisotopic (exact) mass is 276 g/mol. The van der Waals surface area contributed by atoms with Gasteiger partial charge in [-0.05, 0) is 36.8 Å².